The average Bonchev–Trinajstić information content (AvgIpc) is 2.39. The van der Waals surface area contributed by atoms with Crippen molar-refractivity contribution in [2.45, 2.75) is 6.92 Å². The molecule has 0 radical (unpaired) electrons. The summed E-state index contributed by atoms with van der Waals surface area (Å²) in [5.74, 6) is -0.745. The Bertz CT molecular complexity index is 667. The van der Waals surface area contributed by atoms with Gasteiger partial charge in [-0.05, 0) is 42.8 Å². The second-order valence-corrected chi connectivity index (χ2v) is 4.56. The van der Waals surface area contributed by atoms with Gasteiger partial charge in [-0.1, -0.05) is 17.7 Å². The number of rotatable bonds is 3. The summed E-state index contributed by atoms with van der Waals surface area (Å²) < 4.78 is 5.09. The SMILES string of the molecule is Cc1ccc([N+](=O)[O-])c(OC(=O)c2ccc(Cl)cc2)c1. The number of nitro benzene ring substituents is 1. The van der Waals surface area contributed by atoms with Crippen LogP contribution in [0.2, 0.25) is 5.02 Å². The number of nitrogens with zero attached hydrogens (tertiary/aromatic N) is 1. The number of esters is 1. The fourth-order valence-electron chi connectivity index (χ4n) is 1.60. The van der Waals surface area contributed by atoms with Crippen molar-refractivity contribution in [1.29, 1.82) is 0 Å². The molecule has 0 amide bonds. The molecule has 0 aliphatic rings. The van der Waals surface area contributed by atoms with E-state index in [1.165, 1.54) is 24.3 Å². The average molecular weight is 292 g/mol. The maximum absolute atomic E-state index is 11.9. The van der Waals surface area contributed by atoms with Gasteiger partial charge in [-0.15, -0.1) is 0 Å². The minimum Gasteiger partial charge on any atom is -0.416 e. The summed E-state index contributed by atoms with van der Waals surface area (Å²) in [7, 11) is 0. The van der Waals surface area contributed by atoms with Gasteiger partial charge in [0.15, 0.2) is 0 Å². The highest BCUT2D eigenvalue weighted by molar-refractivity contribution is 6.30. The van der Waals surface area contributed by atoms with E-state index in [1.807, 2.05) is 0 Å². The van der Waals surface area contributed by atoms with E-state index in [1.54, 1.807) is 25.1 Å². The van der Waals surface area contributed by atoms with Crippen LogP contribution in [0.1, 0.15) is 15.9 Å². The molecule has 0 aliphatic carbocycles. The molecule has 0 bridgehead atoms. The van der Waals surface area contributed by atoms with E-state index in [4.69, 9.17) is 16.3 Å². The Morgan fingerprint density at radius 1 is 1.20 bits per heavy atom. The van der Waals surface area contributed by atoms with Gasteiger partial charge < -0.3 is 4.74 Å². The first-order valence-corrected chi connectivity index (χ1v) is 6.08. The van der Waals surface area contributed by atoms with Crippen LogP contribution >= 0.6 is 11.6 Å². The Kier molecular flexibility index (Phi) is 4.00. The van der Waals surface area contributed by atoms with Gasteiger partial charge in [0.1, 0.15) is 0 Å². The predicted octanol–water partition coefficient (Wildman–Crippen LogP) is 3.78. The number of aryl methyl sites for hydroxylation is 1. The van der Waals surface area contributed by atoms with E-state index in [9.17, 15) is 14.9 Å². The standard InChI is InChI=1S/C14H10ClNO4/c1-9-2-7-12(16(18)19)13(8-9)20-14(17)10-3-5-11(15)6-4-10/h2-8H,1H3. The summed E-state index contributed by atoms with van der Waals surface area (Å²) in [6, 6.07) is 10.4. The molecular formula is C14H10ClNO4. The highest BCUT2D eigenvalue weighted by Gasteiger charge is 2.18. The van der Waals surface area contributed by atoms with Crippen molar-refractivity contribution in [3.63, 3.8) is 0 Å². The number of carbonyl (C=O) groups excluding carboxylic acids is 1. The lowest BCUT2D eigenvalue weighted by molar-refractivity contribution is -0.385. The van der Waals surface area contributed by atoms with Crippen LogP contribution < -0.4 is 4.74 Å². The third kappa shape index (κ3) is 3.13. The number of hydrogen-bond acceptors (Lipinski definition) is 4. The lowest BCUT2D eigenvalue weighted by Crippen LogP contribution is -2.09. The van der Waals surface area contributed by atoms with Gasteiger partial charge in [-0.3, -0.25) is 10.1 Å². The minimum atomic E-state index is -0.671. The minimum absolute atomic E-state index is 0.0741. The van der Waals surface area contributed by atoms with Gasteiger partial charge in [-0.2, -0.15) is 0 Å². The van der Waals surface area contributed by atoms with E-state index >= 15 is 0 Å². The zero-order valence-corrected chi connectivity index (χ0v) is 11.3. The second-order valence-electron chi connectivity index (χ2n) is 4.12. The van der Waals surface area contributed by atoms with Gasteiger partial charge >= 0.3 is 11.7 Å². The molecule has 5 nitrogen and oxygen atoms in total. The molecule has 0 aromatic heterocycles. The van der Waals surface area contributed by atoms with Crippen LogP contribution in [0, 0.1) is 17.0 Å². The van der Waals surface area contributed by atoms with Crippen molar-refractivity contribution in [2.24, 2.45) is 0 Å². The first-order valence-electron chi connectivity index (χ1n) is 5.70. The fraction of sp³-hybridized carbons (Fsp3) is 0.0714. The molecule has 102 valence electrons. The predicted molar refractivity (Wildman–Crippen MR) is 74.2 cm³/mol. The quantitative estimate of drug-likeness (QED) is 0.373. The number of benzene rings is 2. The van der Waals surface area contributed by atoms with E-state index < -0.39 is 10.9 Å². The van der Waals surface area contributed by atoms with E-state index in [2.05, 4.69) is 0 Å². The molecule has 6 heteroatoms. The molecule has 0 saturated heterocycles. The van der Waals surface area contributed by atoms with Crippen molar-refractivity contribution in [1.82, 2.24) is 0 Å². The second kappa shape index (κ2) is 5.71. The van der Waals surface area contributed by atoms with Crippen molar-refractivity contribution < 1.29 is 14.5 Å². The molecular weight excluding hydrogens is 282 g/mol. The first-order chi connectivity index (χ1) is 9.47. The Morgan fingerprint density at radius 3 is 2.45 bits per heavy atom. The van der Waals surface area contributed by atoms with Crippen LogP contribution in [0.4, 0.5) is 5.69 Å². The van der Waals surface area contributed by atoms with Crippen molar-refractivity contribution in [3.8, 4) is 5.75 Å². The van der Waals surface area contributed by atoms with E-state index in [0.29, 0.717) is 5.02 Å². The first kappa shape index (κ1) is 14.0. The van der Waals surface area contributed by atoms with Gasteiger partial charge in [0.05, 0.1) is 10.5 Å². The topological polar surface area (TPSA) is 69.4 Å². The monoisotopic (exact) mass is 291 g/mol. The molecule has 0 atom stereocenters. The van der Waals surface area contributed by atoms with Gasteiger partial charge in [0.2, 0.25) is 5.75 Å². The van der Waals surface area contributed by atoms with Crippen molar-refractivity contribution in [2.75, 3.05) is 0 Å². The third-order valence-electron chi connectivity index (χ3n) is 2.59. The Hall–Kier alpha value is -2.40. The molecule has 0 heterocycles. The Morgan fingerprint density at radius 2 is 1.85 bits per heavy atom. The Balaban J connectivity index is 2.29. The summed E-state index contributed by atoms with van der Waals surface area (Å²) in [5.41, 5.74) is 0.776. The highest BCUT2D eigenvalue weighted by Crippen LogP contribution is 2.28. The van der Waals surface area contributed by atoms with E-state index in [0.717, 1.165) is 5.56 Å². The number of halogens is 1. The number of ether oxygens (including phenoxy) is 1. The smallest absolute Gasteiger partial charge is 0.343 e. The lowest BCUT2D eigenvalue weighted by Gasteiger charge is -2.06. The molecule has 0 fully saturated rings. The molecule has 0 aliphatic heterocycles. The van der Waals surface area contributed by atoms with Crippen LogP contribution in [0.15, 0.2) is 42.5 Å². The highest BCUT2D eigenvalue weighted by atomic mass is 35.5. The Labute approximate surface area is 119 Å². The third-order valence-corrected chi connectivity index (χ3v) is 2.85. The van der Waals surface area contributed by atoms with Gasteiger partial charge in [0, 0.05) is 11.1 Å². The number of carbonyl (C=O) groups is 1. The summed E-state index contributed by atoms with van der Waals surface area (Å²) in [5, 5.41) is 11.4. The maximum Gasteiger partial charge on any atom is 0.343 e. The van der Waals surface area contributed by atoms with Crippen molar-refractivity contribution in [3.05, 3.63) is 68.7 Å². The number of nitro groups is 1. The van der Waals surface area contributed by atoms with Crippen LogP contribution in [-0.2, 0) is 0 Å². The lowest BCUT2D eigenvalue weighted by atomic mass is 10.2. The van der Waals surface area contributed by atoms with Crippen LogP contribution in [0.5, 0.6) is 5.75 Å². The van der Waals surface area contributed by atoms with Crippen LogP contribution in [0.3, 0.4) is 0 Å². The molecule has 20 heavy (non-hydrogen) atoms. The molecule has 0 spiro atoms. The van der Waals surface area contributed by atoms with Crippen LogP contribution in [0.25, 0.3) is 0 Å². The maximum atomic E-state index is 11.9. The van der Waals surface area contributed by atoms with E-state index in [-0.39, 0.29) is 17.0 Å². The molecule has 2 aromatic carbocycles. The van der Waals surface area contributed by atoms with Crippen LogP contribution in [-0.4, -0.2) is 10.9 Å². The normalized spacial score (nSPS) is 10.1. The number of hydrogen-bond donors (Lipinski definition) is 0. The fourth-order valence-corrected chi connectivity index (χ4v) is 1.72. The van der Waals surface area contributed by atoms with Crippen molar-refractivity contribution >= 4 is 23.3 Å². The summed E-state index contributed by atoms with van der Waals surface area (Å²) >= 11 is 5.72. The van der Waals surface area contributed by atoms with Gasteiger partial charge in [0.25, 0.3) is 0 Å². The molecule has 0 N–H and O–H groups in total. The summed E-state index contributed by atoms with van der Waals surface area (Å²) in [4.78, 5) is 22.2. The largest absolute Gasteiger partial charge is 0.416 e. The summed E-state index contributed by atoms with van der Waals surface area (Å²) in [6.45, 7) is 1.75. The molecule has 2 aromatic rings. The zero-order chi connectivity index (χ0) is 14.7. The van der Waals surface area contributed by atoms with Gasteiger partial charge in [-0.25, -0.2) is 4.79 Å². The summed E-state index contributed by atoms with van der Waals surface area (Å²) in [6.07, 6.45) is 0. The molecule has 0 unspecified atom stereocenters. The zero-order valence-electron chi connectivity index (χ0n) is 10.5. The molecule has 0 saturated carbocycles. The molecule has 2 rings (SSSR count).